The molecule has 0 radical (unpaired) electrons. The topological polar surface area (TPSA) is 52.0 Å². The summed E-state index contributed by atoms with van der Waals surface area (Å²) in [5.74, 6) is 0.883. The lowest BCUT2D eigenvalue weighted by atomic mass is 9.85. The number of thiocarbonyl (C=S) groups is 1. The number of hydrogen-bond acceptors (Lipinski definition) is 2. The molecule has 0 aromatic carbocycles. The normalized spacial score (nSPS) is 21.3. The molecule has 76 valence electrons. The Kier molecular flexibility index (Phi) is 4.67. The summed E-state index contributed by atoms with van der Waals surface area (Å²) in [6.07, 6.45) is 9.14. The van der Waals surface area contributed by atoms with Crippen molar-refractivity contribution in [1.82, 2.24) is 0 Å². The minimum atomic E-state index is -0.0584. The SMILES string of the molecule is NC(=S)C(N)CCC1CCCCC1. The molecule has 1 fully saturated rings. The van der Waals surface area contributed by atoms with Gasteiger partial charge in [-0.15, -0.1) is 0 Å². The molecule has 1 atom stereocenters. The number of nitrogens with two attached hydrogens (primary N) is 2. The van der Waals surface area contributed by atoms with Crippen molar-refractivity contribution in [3.05, 3.63) is 0 Å². The summed E-state index contributed by atoms with van der Waals surface area (Å²) >= 11 is 4.84. The summed E-state index contributed by atoms with van der Waals surface area (Å²) in [6, 6.07) is -0.0584. The van der Waals surface area contributed by atoms with Crippen molar-refractivity contribution in [3.8, 4) is 0 Å². The number of rotatable bonds is 4. The molecule has 1 unspecified atom stereocenters. The van der Waals surface area contributed by atoms with Gasteiger partial charge in [0.1, 0.15) is 0 Å². The Balaban J connectivity index is 2.13. The zero-order chi connectivity index (χ0) is 9.68. The molecule has 1 aliphatic carbocycles. The second-order valence-electron chi connectivity index (χ2n) is 4.09. The fraction of sp³-hybridized carbons (Fsp3) is 0.900. The van der Waals surface area contributed by atoms with E-state index < -0.39 is 0 Å². The van der Waals surface area contributed by atoms with Crippen molar-refractivity contribution >= 4 is 17.2 Å². The Bertz CT molecular complexity index is 164. The van der Waals surface area contributed by atoms with Gasteiger partial charge in [0.15, 0.2) is 0 Å². The second-order valence-corrected chi connectivity index (χ2v) is 4.56. The van der Waals surface area contributed by atoms with E-state index in [-0.39, 0.29) is 6.04 Å². The van der Waals surface area contributed by atoms with Crippen LogP contribution in [-0.2, 0) is 0 Å². The minimum absolute atomic E-state index is 0.0584. The smallest absolute Gasteiger partial charge is 0.0897 e. The van der Waals surface area contributed by atoms with Crippen LogP contribution in [0.3, 0.4) is 0 Å². The van der Waals surface area contributed by atoms with Crippen LogP contribution in [0.4, 0.5) is 0 Å². The summed E-state index contributed by atoms with van der Waals surface area (Å²) in [5.41, 5.74) is 11.2. The third kappa shape index (κ3) is 4.05. The molecule has 0 spiro atoms. The molecule has 0 aromatic heterocycles. The van der Waals surface area contributed by atoms with Crippen LogP contribution in [0, 0.1) is 5.92 Å². The second kappa shape index (κ2) is 5.55. The maximum absolute atomic E-state index is 5.77. The van der Waals surface area contributed by atoms with E-state index in [0.29, 0.717) is 4.99 Å². The lowest BCUT2D eigenvalue weighted by Gasteiger charge is -2.22. The van der Waals surface area contributed by atoms with Crippen LogP contribution in [0.5, 0.6) is 0 Å². The molecule has 4 N–H and O–H groups in total. The van der Waals surface area contributed by atoms with E-state index in [4.69, 9.17) is 23.7 Å². The van der Waals surface area contributed by atoms with Gasteiger partial charge < -0.3 is 11.5 Å². The van der Waals surface area contributed by atoms with E-state index in [0.717, 1.165) is 12.3 Å². The first-order valence-electron chi connectivity index (χ1n) is 5.25. The average molecular weight is 200 g/mol. The molecule has 0 aromatic rings. The number of hydrogen-bond donors (Lipinski definition) is 2. The van der Waals surface area contributed by atoms with Gasteiger partial charge in [-0.1, -0.05) is 44.3 Å². The highest BCUT2D eigenvalue weighted by Gasteiger charge is 2.15. The van der Waals surface area contributed by atoms with Crippen LogP contribution in [0.1, 0.15) is 44.9 Å². The van der Waals surface area contributed by atoms with Crippen LogP contribution >= 0.6 is 12.2 Å². The van der Waals surface area contributed by atoms with Gasteiger partial charge >= 0.3 is 0 Å². The largest absolute Gasteiger partial charge is 0.392 e. The van der Waals surface area contributed by atoms with Crippen molar-refractivity contribution in [2.75, 3.05) is 0 Å². The van der Waals surface area contributed by atoms with E-state index in [1.54, 1.807) is 0 Å². The fourth-order valence-corrected chi connectivity index (χ4v) is 2.15. The molecule has 13 heavy (non-hydrogen) atoms. The maximum atomic E-state index is 5.77. The van der Waals surface area contributed by atoms with Gasteiger partial charge in [-0.3, -0.25) is 0 Å². The van der Waals surface area contributed by atoms with E-state index in [1.165, 1.54) is 38.5 Å². The first-order valence-corrected chi connectivity index (χ1v) is 5.66. The van der Waals surface area contributed by atoms with Crippen LogP contribution < -0.4 is 11.5 Å². The van der Waals surface area contributed by atoms with Gasteiger partial charge in [-0.25, -0.2) is 0 Å². The third-order valence-electron chi connectivity index (χ3n) is 2.98. The fourth-order valence-electron chi connectivity index (χ4n) is 2.03. The highest BCUT2D eigenvalue weighted by atomic mass is 32.1. The molecule has 0 bridgehead atoms. The van der Waals surface area contributed by atoms with Crippen LogP contribution in [0.25, 0.3) is 0 Å². The summed E-state index contributed by atoms with van der Waals surface area (Å²) in [5, 5.41) is 0. The summed E-state index contributed by atoms with van der Waals surface area (Å²) < 4.78 is 0. The monoisotopic (exact) mass is 200 g/mol. The van der Waals surface area contributed by atoms with Gasteiger partial charge in [0.25, 0.3) is 0 Å². The Morgan fingerprint density at radius 2 is 1.92 bits per heavy atom. The summed E-state index contributed by atoms with van der Waals surface area (Å²) in [6.45, 7) is 0. The molecule has 0 aliphatic heterocycles. The van der Waals surface area contributed by atoms with Gasteiger partial charge in [0.2, 0.25) is 0 Å². The van der Waals surface area contributed by atoms with Crippen molar-refractivity contribution in [1.29, 1.82) is 0 Å². The molecule has 2 nitrogen and oxygen atoms in total. The predicted octanol–water partition coefficient (Wildman–Crippen LogP) is 1.96. The molecular formula is C10H20N2S. The van der Waals surface area contributed by atoms with Crippen molar-refractivity contribution in [2.24, 2.45) is 17.4 Å². The Hall–Kier alpha value is -0.150. The van der Waals surface area contributed by atoms with E-state index in [9.17, 15) is 0 Å². The zero-order valence-corrected chi connectivity index (χ0v) is 8.98. The van der Waals surface area contributed by atoms with Gasteiger partial charge in [0, 0.05) is 0 Å². The molecule has 3 heteroatoms. The third-order valence-corrected chi connectivity index (χ3v) is 3.28. The van der Waals surface area contributed by atoms with Crippen molar-refractivity contribution in [3.63, 3.8) is 0 Å². The Morgan fingerprint density at radius 3 is 2.46 bits per heavy atom. The quantitative estimate of drug-likeness (QED) is 0.682. The zero-order valence-electron chi connectivity index (χ0n) is 8.17. The highest BCUT2D eigenvalue weighted by Crippen LogP contribution is 2.27. The highest BCUT2D eigenvalue weighted by molar-refractivity contribution is 7.80. The Labute approximate surface area is 86.1 Å². The van der Waals surface area contributed by atoms with Crippen LogP contribution in [0.2, 0.25) is 0 Å². The van der Waals surface area contributed by atoms with Crippen molar-refractivity contribution < 1.29 is 0 Å². The van der Waals surface area contributed by atoms with E-state index in [2.05, 4.69) is 0 Å². The standard InChI is InChI=1S/C10H20N2S/c11-9(10(12)13)7-6-8-4-2-1-3-5-8/h8-9H,1-7,11H2,(H2,12,13). The minimum Gasteiger partial charge on any atom is -0.392 e. The Morgan fingerprint density at radius 1 is 1.31 bits per heavy atom. The van der Waals surface area contributed by atoms with Gasteiger partial charge in [-0.05, 0) is 18.8 Å². The summed E-state index contributed by atoms with van der Waals surface area (Å²) in [4.78, 5) is 0.468. The van der Waals surface area contributed by atoms with Gasteiger partial charge in [-0.2, -0.15) is 0 Å². The molecule has 1 rings (SSSR count). The summed E-state index contributed by atoms with van der Waals surface area (Å²) in [7, 11) is 0. The molecule has 1 saturated carbocycles. The van der Waals surface area contributed by atoms with Crippen LogP contribution in [0.15, 0.2) is 0 Å². The van der Waals surface area contributed by atoms with Crippen LogP contribution in [-0.4, -0.2) is 11.0 Å². The van der Waals surface area contributed by atoms with Crippen molar-refractivity contribution in [2.45, 2.75) is 51.0 Å². The lowest BCUT2D eigenvalue weighted by Crippen LogP contribution is -2.35. The molecule has 0 heterocycles. The first kappa shape index (κ1) is 10.9. The lowest BCUT2D eigenvalue weighted by molar-refractivity contribution is 0.330. The van der Waals surface area contributed by atoms with E-state index >= 15 is 0 Å². The maximum Gasteiger partial charge on any atom is 0.0897 e. The predicted molar refractivity (Wildman–Crippen MR) is 60.6 cm³/mol. The van der Waals surface area contributed by atoms with Gasteiger partial charge in [0.05, 0.1) is 11.0 Å². The molecule has 0 saturated heterocycles. The molecular weight excluding hydrogens is 180 g/mol. The average Bonchev–Trinajstić information content (AvgIpc) is 2.15. The molecule has 1 aliphatic rings. The first-order chi connectivity index (χ1) is 6.20. The van der Waals surface area contributed by atoms with E-state index in [1.807, 2.05) is 0 Å². The molecule has 0 amide bonds.